The van der Waals surface area contributed by atoms with Crippen LogP contribution in [0.2, 0.25) is 0 Å². The number of carbonyl (C=O) groups excluding carboxylic acids is 3. The fourth-order valence-corrected chi connectivity index (χ4v) is 9.88. The van der Waals surface area contributed by atoms with Gasteiger partial charge in [-0.25, -0.2) is 4.79 Å². The van der Waals surface area contributed by atoms with Crippen LogP contribution in [0.25, 0.3) is 0 Å². The summed E-state index contributed by atoms with van der Waals surface area (Å²) in [6.07, 6.45) is 11.8. The maximum Gasteiger partial charge on any atom is 0.330 e. The Morgan fingerprint density at radius 3 is 1.81 bits per heavy atom. The van der Waals surface area contributed by atoms with Crippen molar-refractivity contribution in [2.45, 2.75) is 241 Å². The van der Waals surface area contributed by atoms with Gasteiger partial charge in [-0.3, -0.25) is 33.6 Å². The van der Waals surface area contributed by atoms with Gasteiger partial charge in [-0.1, -0.05) is 149 Å². The first-order chi connectivity index (χ1) is 33.2. The summed E-state index contributed by atoms with van der Waals surface area (Å²) in [4.78, 5) is 72.3. The summed E-state index contributed by atoms with van der Waals surface area (Å²) in [7, 11) is 2.94. The summed E-state index contributed by atoms with van der Waals surface area (Å²) in [6, 6.07) is -1.74. The van der Waals surface area contributed by atoms with Crippen molar-refractivity contribution < 1.29 is 53.8 Å². The molecule has 1 aromatic heterocycles. The molecule has 1 aromatic rings. The van der Waals surface area contributed by atoms with Crippen LogP contribution in [0.3, 0.4) is 0 Å². The molecular weight excluding hydrogens is 893 g/mol. The van der Waals surface area contributed by atoms with Crippen LogP contribution in [0.1, 0.15) is 174 Å². The van der Waals surface area contributed by atoms with E-state index in [2.05, 4.69) is 24.1 Å². The molecule has 5 unspecified atom stereocenters. The zero-order valence-electron chi connectivity index (χ0n) is 42.1. The Hall–Kier alpha value is -3.27. The van der Waals surface area contributed by atoms with Crippen LogP contribution >= 0.6 is 0 Å². The largest absolute Gasteiger partial charge is 0.458 e. The van der Waals surface area contributed by atoms with Gasteiger partial charge in [0, 0.05) is 45.4 Å². The second-order valence-corrected chi connectivity index (χ2v) is 19.6. The number of nitrogens with zero attached hydrogens (tertiary/aromatic N) is 3. The van der Waals surface area contributed by atoms with E-state index in [1.54, 1.807) is 0 Å². The molecule has 0 spiro atoms. The molecular formula is C50H88N6O13. The summed E-state index contributed by atoms with van der Waals surface area (Å²) >= 11 is 0. The number of esters is 1. The molecule has 19 nitrogen and oxygen atoms in total. The lowest BCUT2D eigenvalue weighted by molar-refractivity contribution is -0.233. The van der Waals surface area contributed by atoms with E-state index in [9.17, 15) is 44.4 Å². The Labute approximate surface area is 409 Å². The van der Waals surface area contributed by atoms with Crippen LogP contribution in [0.5, 0.6) is 0 Å². The van der Waals surface area contributed by atoms with Crippen LogP contribution < -0.4 is 22.3 Å². The third-order valence-corrected chi connectivity index (χ3v) is 14.1. The predicted molar refractivity (Wildman–Crippen MR) is 260 cm³/mol. The van der Waals surface area contributed by atoms with Crippen LogP contribution in [0, 0.1) is 0 Å². The number of H-pyrrole nitrogens is 1. The van der Waals surface area contributed by atoms with Crippen molar-refractivity contribution in [2.24, 2.45) is 5.73 Å². The van der Waals surface area contributed by atoms with Crippen molar-refractivity contribution in [1.29, 1.82) is 0 Å². The molecule has 4 rings (SSSR count). The molecule has 3 fully saturated rings. The molecule has 0 bridgehead atoms. The monoisotopic (exact) mass is 981 g/mol. The second-order valence-electron chi connectivity index (χ2n) is 19.6. The SMILES string of the molecule is CCCCCCCCCCCCCCCCNC(=O)C1[C@@H](OC(=O)CCCCCCCCCCC)CN(C)C([C@@H](OC2O[C@H](CN)[C@@H](O)[C@H]2O)C2OC(n3ccc(=O)[nH]c3=O)[C@H](O)[C@@H]2O)C(=O)N1C. The summed E-state index contributed by atoms with van der Waals surface area (Å²) < 4.78 is 25.2. The van der Waals surface area contributed by atoms with Crippen LogP contribution in [0.4, 0.5) is 0 Å². The maximum atomic E-state index is 15.0. The molecule has 0 radical (unpaired) electrons. The zero-order chi connectivity index (χ0) is 50.3. The van der Waals surface area contributed by atoms with Crippen molar-refractivity contribution in [2.75, 3.05) is 33.7 Å². The molecule has 396 valence electrons. The molecule has 19 heteroatoms. The smallest absolute Gasteiger partial charge is 0.330 e. The topological polar surface area (TPSA) is 268 Å². The van der Waals surface area contributed by atoms with E-state index in [-0.39, 0.29) is 19.5 Å². The van der Waals surface area contributed by atoms with E-state index in [0.717, 1.165) is 61.8 Å². The van der Waals surface area contributed by atoms with Crippen molar-refractivity contribution in [3.8, 4) is 0 Å². The number of aromatic nitrogens is 2. The van der Waals surface area contributed by atoms with Gasteiger partial charge < -0.3 is 55.3 Å². The number of nitrogens with two attached hydrogens (primary N) is 1. The molecule has 0 aromatic carbocycles. The number of aromatic amines is 1. The molecule has 2 amide bonds. The highest BCUT2D eigenvalue weighted by Gasteiger charge is 2.57. The quantitative estimate of drug-likeness (QED) is 0.0393. The highest BCUT2D eigenvalue weighted by atomic mass is 16.7. The van der Waals surface area contributed by atoms with E-state index in [1.807, 2.05) is 0 Å². The lowest BCUT2D eigenvalue weighted by Crippen LogP contribution is -2.60. The van der Waals surface area contributed by atoms with Crippen molar-refractivity contribution >= 4 is 17.8 Å². The molecule has 3 aliphatic heterocycles. The highest BCUT2D eigenvalue weighted by molar-refractivity contribution is 5.91. The average molecular weight is 981 g/mol. The number of aliphatic hydroxyl groups excluding tert-OH is 4. The standard InChI is InChI=1S/C50H88N6O13/c1-5-7-9-11-13-15-16-17-18-19-21-23-25-27-30-52-46(63)38-35(66-37(58)28-26-24-22-20-14-12-10-8-6-2)33-54(3)39(47(64)55(38)4)44(69-49-43(62)40(59)34(32-51)67-49)45-41(60)42(61)48(68-45)56-31-29-36(57)53-50(56)65/h29,31,34-35,38-45,48-49,59-62H,5-28,30,32-33,51H2,1-4H3,(H,52,63)(H,53,57,65)/t34-,35+,38?,39?,40-,41+,42-,43-,44-,45?,48?,49?/m1/s1. The van der Waals surface area contributed by atoms with Gasteiger partial charge in [-0.2, -0.15) is 0 Å². The van der Waals surface area contributed by atoms with Gasteiger partial charge in [-0.15, -0.1) is 0 Å². The van der Waals surface area contributed by atoms with E-state index >= 15 is 0 Å². The number of hydrogen-bond donors (Lipinski definition) is 7. The zero-order valence-corrected chi connectivity index (χ0v) is 42.1. The van der Waals surface area contributed by atoms with Gasteiger partial charge in [-0.05, 0) is 19.9 Å². The normalized spacial score (nSPS) is 28.0. The first kappa shape index (κ1) is 58.3. The van der Waals surface area contributed by atoms with Gasteiger partial charge >= 0.3 is 11.7 Å². The van der Waals surface area contributed by atoms with Crippen molar-refractivity contribution in [3.63, 3.8) is 0 Å². The number of likely N-dealkylation sites (N-methyl/N-ethyl adjacent to an activating group) is 2. The fraction of sp³-hybridized carbons (Fsp3) is 0.860. The minimum atomic E-state index is -1.84. The number of nitrogens with one attached hydrogen (secondary N) is 2. The minimum absolute atomic E-state index is 0.114. The molecule has 0 saturated carbocycles. The lowest BCUT2D eigenvalue weighted by atomic mass is 9.97. The molecule has 12 atom stereocenters. The number of aliphatic hydroxyl groups is 4. The van der Waals surface area contributed by atoms with E-state index in [0.29, 0.717) is 19.4 Å². The van der Waals surface area contributed by atoms with Gasteiger partial charge in [0.15, 0.2) is 12.5 Å². The third-order valence-electron chi connectivity index (χ3n) is 14.1. The lowest BCUT2D eigenvalue weighted by Gasteiger charge is -2.38. The second kappa shape index (κ2) is 31.2. The number of rotatable bonds is 33. The van der Waals surface area contributed by atoms with Gasteiger partial charge in [0.1, 0.15) is 60.9 Å². The van der Waals surface area contributed by atoms with Crippen molar-refractivity contribution in [1.82, 2.24) is 24.7 Å². The van der Waals surface area contributed by atoms with Crippen LogP contribution in [-0.2, 0) is 33.3 Å². The Bertz CT molecular complexity index is 1770. The number of ether oxygens (including phenoxy) is 4. The highest BCUT2D eigenvalue weighted by Crippen LogP contribution is 2.36. The first-order valence-electron chi connectivity index (χ1n) is 26.4. The molecule has 3 aliphatic rings. The summed E-state index contributed by atoms with van der Waals surface area (Å²) in [5, 5.41) is 47.6. The number of unbranched alkanes of at least 4 members (excludes halogenated alkanes) is 21. The first-order valence-corrected chi connectivity index (χ1v) is 26.4. The van der Waals surface area contributed by atoms with E-state index in [4.69, 9.17) is 24.7 Å². The van der Waals surface area contributed by atoms with Gasteiger partial charge in [0.05, 0.1) is 0 Å². The molecule has 8 N–H and O–H groups in total. The van der Waals surface area contributed by atoms with Gasteiger partial charge in [0.25, 0.3) is 5.56 Å². The Kier molecular flexibility index (Phi) is 26.4. The molecule has 3 saturated heterocycles. The maximum absolute atomic E-state index is 15.0. The predicted octanol–water partition coefficient (Wildman–Crippen LogP) is 3.52. The molecule has 69 heavy (non-hydrogen) atoms. The number of amides is 2. The van der Waals surface area contributed by atoms with E-state index in [1.165, 1.54) is 114 Å². The summed E-state index contributed by atoms with van der Waals surface area (Å²) in [5.41, 5.74) is 4.14. The third kappa shape index (κ3) is 17.8. The van der Waals surface area contributed by atoms with E-state index < -0.39 is 102 Å². The molecule has 0 aliphatic carbocycles. The minimum Gasteiger partial charge on any atom is -0.458 e. The van der Waals surface area contributed by atoms with Crippen LogP contribution in [0.15, 0.2) is 21.9 Å². The van der Waals surface area contributed by atoms with Crippen LogP contribution in [-0.4, -0.2) is 158 Å². The number of hydrogen-bond acceptors (Lipinski definition) is 15. The fourth-order valence-electron chi connectivity index (χ4n) is 9.88. The number of carbonyl (C=O) groups is 3. The average Bonchev–Trinajstić information content (AvgIpc) is 3.73. The summed E-state index contributed by atoms with van der Waals surface area (Å²) in [6.45, 7) is 4.38. The Morgan fingerprint density at radius 2 is 1.29 bits per heavy atom. The Morgan fingerprint density at radius 1 is 0.754 bits per heavy atom. The Balaban J connectivity index is 1.50. The van der Waals surface area contributed by atoms with Crippen molar-refractivity contribution in [3.05, 3.63) is 33.1 Å². The van der Waals surface area contributed by atoms with Gasteiger partial charge in [0.2, 0.25) is 11.8 Å². The molecule has 4 heterocycles. The summed E-state index contributed by atoms with van der Waals surface area (Å²) in [5.74, 6) is -1.78.